The summed E-state index contributed by atoms with van der Waals surface area (Å²) in [4.78, 5) is 0. The normalized spacial score (nSPS) is 7.58. The van der Waals surface area contributed by atoms with Crippen molar-refractivity contribution in [3.63, 3.8) is 0 Å². The van der Waals surface area contributed by atoms with Crippen molar-refractivity contribution in [2.24, 2.45) is 0 Å². The zero-order chi connectivity index (χ0) is 11.4. The maximum atomic E-state index is 2.29. The molecule has 0 aromatic rings. The van der Waals surface area contributed by atoms with Crippen molar-refractivity contribution in [2.45, 2.75) is 41.5 Å². The Morgan fingerprint density at radius 2 is 0.526 bits per heavy atom. The predicted molar refractivity (Wildman–Crippen MR) is 77.1 cm³/mol. The number of rotatable bonds is 6. The summed E-state index contributed by atoms with van der Waals surface area (Å²) in [6.07, 6.45) is 8.51. The van der Waals surface area contributed by atoms with Gasteiger partial charge in [0.1, 0.15) is 0 Å². The second-order valence-electron chi connectivity index (χ2n) is 3.24. The standard InChI is InChI=1S/2C6H15P.4ClH.Zr/c2*1-4-7(5-2)6-3;;;;;/h2*4-6H2,1-3H3;4*1H;/q;;;;;;+2/p-4. The van der Waals surface area contributed by atoms with Crippen LogP contribution in [-0.2, 0) is 26.2 Å². The zero-order valence-electron chi connectivity index (χ0n) is 13.1. The van der Waals surface area contributed by atoms with Gasteiger partial charge in [-0.1, -0.05) is 41.5 Å². The number of hydrogen-bond acceptors (Lipinski definition) is 0. The molecule has 0 saturated heterocycles. The van der Waals surface area contributed by atoms with Gasteiger partial charge in [-0.15, -0.1) is 15.8 Å². The molecule has 0 saturated carbocycles. The first-order valence-corrected chi connectivity index (χ1v) is 9.93. The Kier molecular flexibility index (Phi) is 84.6. The first-order chi connectivity index (χ1) is 6.69. The summed E-state index contributed by atoms with van der Waals surface area (Å²) in [5.41, 5.74) is 0. The van der Waals surface area contributed by atoms with E-state index in [-0.39, 0.29) is 75.8 Å². The van der Waals surface area contributed by atoms with Crippen LogP contribution in [-0.4, -0.2) is 37.0 Å². The fraction of sp³-hybridized carbons (Fsp3) is 1.00. The molecule has 0 N–H and O–H groups in total. The van der Waals surface area contributed by atoms with Crippen LogP contribution in [0.15, 0.2) is 0 Å². The monoisotopic (exact) mass is 466 g/mol. The number of halogens is 4. The molecule has 0 nitrogen and oxygen atoms in total. The molecule has 0 bridgehead atoms. The Morgan fingerprint density at radius 3 is 0.526 bits per heavy atom. The summed E-state index contributed by atoms with van der Waals surface area (Å²) in [5.74, 6) is 0. The van der Waals surface area contributed by atoms with Gasteiger partial charge in [0, 0.05) is 0 Å². The third-order valence-corrected chi connectivity index (χ3v) is 8.05. The third-order valence-electron chi connectivity index (χ3n) is 2.68. The van der Waals surface area contributed by atoms with Crippen LogP contribution in [0.4, 0.5) is 0 Å². The minimum absolute atomic E-state index is 0. The fourth-order valence-corrected chi connectivity index (χ4v) is 4.02. The average molecular weight is 469 g/mol. The summed E-state index contributed by atoms with van der Waals surface area (Å²) in [6, 6.07) is 0. The fourth-order valence-electron chi connectivity index (χ4n) is 1.34. The largest absolute Gasteiger partial charge is 2.00 e. The topological polar surface area (TPSA) is 0 Å². The Hall–Kier alpha value is 2.90. The van der Waals surface area contributed by atoms with Gasteiger partial charge in [-0.3, -0.25) is 0 Å². The van der Waals surface area contributed by atoms with Crippen LogP contribution in [0.2, 0.25) is 0 Å². The molecule has 0 fully saturated rings. The second-order valence-corrected chi connectivity index (χ2v) is 9.72. The van der Waals surface area contributed by atoms with E-state index in [1.165, 1.54) is 37.0 Å². The van der Waals surface area contributed by atoms with Crippen molar-refractivity contribution >= 4 is 15.8 Å². The predicted octanol–water partition coefficient (Wildman–Crippen LogP) is -6.93. The molecule has 0 amide bonds. The van der Waals surface area contributed by atoms with Crippen molar-refractivity contribution in [3.05, 3.63) is 0 Å². The van der Waals surface area contributed by atoms with E-state index in [1.54, 1.807) is 0 Å². The maximum absolute atomic E-state index is 2.29. The Morgan fingerprint density at radius 1 is 0.421 bits per heavy atom. The van der Waals surface area contributed by atoms with Gasteiger partial charge in [0.2, 0.25) is 0 Å². The first-order valence-electron chi connectivity index (χ1n) is 6.14. The van der Waals surface area contributed by atoms with Crippen LogP contribution in [0.5, 0.6) is 0 Å². The Labute approximate surface area is 169 Å². The Bertz CT molecular complexity index is 82.7. The van der Waals surface area contributed by atoms with E-state index in [4.69, 9.17) is 0 Å². The molecule has 122 valence electrons. The molecule has 0 spiro atoms. The van der Waals surface area contributed by atoms with Crippen LogP contribution in [0.1, 0.15) is 41.5 Å². The molecule has 0 aliphatic heterocycles. The maximum Gasteiger partial charge on any atom is 2.00 e. The molecule has 0 unspecified atom stereocenters. The van der Waals surface area contributed by atoms with Crippen LogP contribution >= 0.6 is 15.8 Å². The van der Waals surface area contributed by atoms with Gasteiger partial charge in [0.25, 0.3) is 0 Å². The SMILES string of the molecule is CCP(CC)CC.CCP(CC)CC.[Cl-].[Cl-].[Cl-].[Cl-].[Zr+2]. The van der Waals surface area contributed by atoms with Crippen LogP contribution in [0.25, 0.3) is 0 Å². The van der Waals surface area contributed by atoms with Gasteiger partial charge >= 0.3 is 26.2 Å². The molecule has 0 aromatic carbocycles. The van der Waals surface area contributed by atoms with Crippen molar-refractivity contribution in [3.8, 4) is 0 Å². The zero-order valence-corrected chi connectivity index (χ0v) is 20.4. The van der Waals surface area contributed by atoms with Gasteiger partial charge in [-0.05, 0) is 37.0 Å². The van der Waals surface area contributed by atoms with Gasteiger partial charge in [-0.25, -0.2) is 0 Å². The molecule has 0 aliphatic carbocycles. The van der Waals surface area contributed by atoms with E-state index < -0.39 is 0 Å². The first kappa shape index (κ1) is 43.1. The molecule has 19 heavy (non-hydrogen) atoms. The van der Waals surface area contributed by atoms with Gasteiger partial charge < -0.3 is 49.6 Å². The van der Waals surface area contributed by atoms with Crippen LogP contribution in [0.3, 0.4) is 0 Å². The smallest absolute Gasteiger partial charge is 1.00 e. The summed E-state index contributed by atoms with van der Waals surface area (Å²) < 4.78 is 0. The molecule has 0 aliphatic rings. The summed E-state index contributed by atoms with van der Waals surface area (Å²) in [5, 5.41) is 0. The molecular weight excluding hydrogens is 439 g/mol. The van der Waals surface area contributed by atoms with Gasteiger partial charge in [0.05, 0.1) is 0 Å². The summed E-state index contributed by atoms with van der Waals surface area (Å²) in [6.45, 7) is 13.7. The minimum atomic E-state index is 0. The second kappa shape index (κ2) is 37.3. The summed E-state index contributed by atoms with van der Waals surface area (Å²) >= 11 is 0. The number of hydrogen-bond donors (Lipinski definition) is 0. The quantitative estimate of drug-likeness (QED) is 0.340. The van der Waals surface area contributed by atoms with E-state index in [1.807, 2.05) is 0 Å². The van der Waals surface area contributed by atoms with Gasteiger partial charge in [0.15, 0.2) is 0 Å². The molecule has 0 atom stereocenters. The third kappa shape index (κ3) is 33.6. The molecule has 0 heterocycles. The van der Waals surface area contributed by atoms with Gasteiger partial charge in [-0.2, -0.15) is 0 Å². The van der Waals surface area contributed by atoms with Crippen molar-refractivity contribution < 1.29 is 75.8 Å². The molecular formula is C12H30Cl4P2Zr-2. The molecule has 0 radical (unpaired) electrons. The van der Waals surface area contributed by atoms with Crippen molar-refractivity contribution in [1.29, 1.82) is 0 Å². The minimum Gasteiger partial charge on any atom is -1.00 e. The van der Waals surface area contributed by atoms with Crippen LogP contribution in [0, 0.1) is 0 Å². The molecule has 0 rings (SSSR count). The van der Waals surface area contributed by atoms with E-state index >= 15 is 0 Å². The molecule has 7 heteroatoms. The van der Waals surface area contributed by atoms with E-state index in [2.05, 4.69) is 41.5 Å². The average Bonchev–Trinajstić information content (AvgIpc) is 2.24. The van der Waals surface area contributed by atoms with Crippen molar-refractivity contribution in [1.82, 2.24) is 0 Å². The van der Waals surface area contributed by atoms with E-state index in [0.717, 1.165) is 0 Å². The van der Waals surface area contributed by atoms with E-state index in [9.17, 15) is 0 Å². The summed E-state index contributed by atoms with van der Waals surface area (Å²) in [7, 11) is 0.892. The van der Waals surface area contributed by atoms with Crippen LogP contribution < -0.4 is 49.6 Å². The Balaban J connectivity index is -0.0000000240. The molecule has 0 aromatic heterocycles. The van der Waals surface area contributed by atoms with E-state index in [0.29, 0.717) is 15.8 Å². The van der Waals surface area contributed by atoms with Crippen molar-refractivity contribution in [2.75, 3.05) is 37.0 Å².